The number of thiazole rings is 1. The second-order valence-corrected chi connectivity index (χ2v) is 7.21. The molecule has 0 bridgehead atoms. The van der Waals surface area contributed by atoms with Gasteiger partial charge in [-0.05, 0) is 30.7 Å². The van der Waals surface area contributed by atoms with Gasteiger partial charge < -0.3 is 5.32 Å². The van der Waals surface area contributed by atoms with Gasteiger partial charge in [0.05, 0.1) is 11.7 Å². The van der Waals surface area contributed by atoms with Gasteiger partial charge in [0.15, 0.2) is 0 Å². The number of halogens is 1. The van der Waals surface area contributed by atoms with Crippen LogP contribution in [0.25, 0.3) is 0 Å². The molecule has 114 valence electrons. The number of benzene rings is 1. The van der Waals surface area contributed by atoms with E-state index in [4.69, 9.17) is 4.98 Å². The molecule has 2 aromatic rings. The average Bonchev–Trinajstić information content (AvgIpc) is 2.89. The van der Waals surface area contributed by atoms with Crippen LogP contribution in [0.2, 0.25) is 0 Å². The Hall–Kier alpha value is -1.26. The predicted octanol–water partition coefficient (Wildman–Crippen LogP) is 4.59. The van der Waals surface area contributed by atoms with Gasteiger partial charge in [-0.2, -0.15) is 0 Å². The Morgan fingerprint density at radius 1 is 1.33 bits per heavy atom. The molecule has 0 amide bonds. The van der Waals surface area contributed by atoms with Crippen molar-refractivity contribution in [1.82, 2.24) is 10.3 Å². The molecule has 1 aromatic heterocycles. The van der Waals surface area contributed by atoms with Crippen LogP contribution < -0.4 is 5.32 Å². The molecule has 4 heteroatoms. The lowest BCUT2D eigenvalue weighted by molar-refractivity contribution is 0.560. The van der Waals surface area contributed by atoms with Gasteiger partial charge in [0.25, 0.3) is 0 Å². The van der Waals surface area contributed by atoms with Crippen molar-refractivity contribution in [3.8, 4) is 0 Å². The molecule has 1 heterocycles. The molecule has 0 saturated heterocycles. The molecule has 0 saturated carbocycles. The van der Waals surface area contributed by atoms with Gasteiger partial charge in [-0.1, -0.05) is 39.8 Å². The zero-order valence-electron chi connectivity index (χ0n) is 13.3. The number of hydrogen-bond donors (Lipinski definition) is 1. The van der Waals surface area contributed by atoms with Gasteiger partial charge in [0.2, 0.25) is 0 Å². The maximum absolute atomic E-state index is 13.8. The Labute approximate surface area is 130 Å². The van der Waals surface area contributed by atoms with E-state index in [2.05, 4.69) is 38.4 Å². The predicted molar refractivity (Wildman–Crippen MR) is 87.5 cm³/mol. The van der Waals surface area contributed by atoms with E-state index < -0.39 is 0 Å². The molecule has 1 atom stereocenters. The summed E-state index contributed by atoms with van der Waals surface area (Å²) in [6.07, 6.45) is 0. The molecule has 2 rings (SSSR count). The molecule has 0 radical (unpaired) electrons. The van der Waals surface area contributed by atoms with Crippen molar-refractivity contribution in [2.45, 2.75) is 46.1 Å². The van der Waals surface area contributed by atoms with Crippen molar-refractivity contribution in [2.75, 3.05) is 6.54 Å². The Bertz CT molecular complexity index is 613. The van der Waals surface area contributed by atoms with E-state index in [1.807, 2.05) is 12.1 Å². The van der Waals surface area contributed by atoms with Crippen molar-refractivity contribution in [1.29, 1.82) is 0 Å². The normalized spacial score (nSPS) is 13.4. The van der Waals surface area contributed by atoms with Crippen LogP contribution in [0.4, 0.5) is 4.39 Å². The fourth-order valence-corrected chi connectivity index (χ4v) is 3.25. The highest BCUT2D eigenvalue weighted by Gasteiger charge is 2.22. The fourth-order valence-electron chi connectivity index (χ4n) is 2.11. The Morgan fingerprint density at radius 2 is 2.05 bits per heavy atom. The van der Waals surface area contributed by atoms with Crippen molar-refractivity contribution >= 4 is 11.3 Å². The first kappa shape index (κ1) is 16.1. The van der Waals surface area contributed by atoms with Gasteiger partial charge in [-0.3, -0.25) is 0 Å². The van der Waals surface area contributed by atoms with Crippen LogP contribution in [0.15, 0.2) is 23.6 Å². The van der Waals surface area contributed by atoms with Gasteiger partial charge in [-0.25, -0.2) is 9.37 Å². The van der Waals surface area contributed by atoms with E-state index in [0.29, 0.717) is 5.56 Å². The molecule has 2 nitrogen and oxygen atoms in total. The number of aromatic nitrogens is 1. The van der Waals surface area contributed by atoms with E-state index in [1.165, 1.54) is 0 Å². The molecular weight excluding hydrogens is 283 g/mol. The summed E-state index contributed by atoms with van der Waals surface area (Å²) in [4.78, 5) is 4.76. The zero-order chi connectivity index (χ0) is 15.6. The van der Waals surface area contributed by atoms with Crippen molar-refractivity contribution in [3.63, 3.8) is 0 Å². The average molecular weight is 306 g/mol. The molecule has 0 aliphatic carbocycles. The first-order valence-electron chi connectivity index (χ1n) is 7.28. The van der Waals surface area contributed by atoms with Crippen LogP contribution in [0.5, 0.6) is 0 Å². The smallest absolute Gasteiger partial charge is 0.126 e. The van der Waals surface area contributed by atoms with Gasteiger partial charge in [-0.15, -0.1) is 11.3 Å². The van der Waals surface area contributed by atoms with E-state index >= 15 is 0 Å². The van der Waals surface area contributed by atoms with Gasteiger partial charge >= 0.3 is 0 Å². The minimum atomic E-state index is -0.164. The number of nitrogens with zero attached hydrogens (tertiary/aromatic N) is 1. The van der Waals surface area contributed by atoms with Crippen molar-refractivity contribution in [2.24, 2.45) is 0 Å². The molecule has 0 aliphatic heterocycles. The lowest BCUT2D eigenvalue weighted by Gasteiger charge is -2.18. The van der Waals surface area contributed by atoms with E-state index in [-0.39, 0.29) is 17.3 Å². The highest BCUT2D eigenvalue weighted by Crippen LogP contribution is 2.30. The molecule has 21 heavy (non-hydrogen) atoms. The zero-order valence-corrected chi connectivity index (χ0v) is 14.1. The third kappa shape index (κ3) is 3.69. The Kier molecular flexibility index (Phi) is 4.79. The Balaban J connectivity index is 2.38. The van der Waals surface area contributed by atoms with E-state index in [0.717, 1.165) is 22.8 Å². The fraction of sp³-hybridized carbons (Fsp3) is 0.471. The molecule has 0 aliphatic rings. The standard InChI is InChI=1S/C17H23FN2S/c1-6-19-15(12-8-7-11(2)13(18)9-12)16-20-14(10-21-16)17(3,4)5/h7-10,15,19H,6H2,1-5H3. The van der Waals surface area contributed by atoms with Crippen LogP contribution in [-0.4, -0.2) is 11.5 Å². The molecule has 1 unspecified atom stereocenters. The number of aryl methyl sites for hydroxylation is 1. The molecular formula is C17H23FN2S. The lowest BCUT2D eigenvalue weighted by Crippen LogP contribution is -2.22. The topological polar surface area (TPSA) is 24.9 Å². The molecule has 0 spiro atoms. The summed E-state index contributed by atoms with van der Waals surface area (Å²) in [6, 6.07) is 5.36. The maximum Gasteiger partial charge on any atom is 0.126 e. The summed E-state index contributed by atoms with van der Waals surface area (Å²) in [6.45, 7) is 11.1. The molecule has 1 aromatic carbocycles. The van der Waals surface area contributed by atoms with Crippen LogP contribution in [0, 0.1) is 12.7 Å². The van der Waals surface area contributed by atoms with Crippen LogP contribution in [0.3, 0.4) is 0 Å². The van der Waals surface area contributed by atoms with Gasteiger partial charge in [0, 0.05) is 10.8 Å². The summed E-state index contributed by atoms with van der Waals surface area (Å²) in [5.41, 5.74) is 2.71. The summed E-state index contributed by atoms with van der Waals surface area (Å²) in [5.74, 6) is -0.164. The van der Waals surface area contributed by atoms with Crippen LogP contribution in [0.1, 0.15) is 55.6 Å². The maximum atomic E-state index is 13.8. The summed E-state index contributed by atoms with van der Waals surface area (Å²) in [7, 11) is 0. The van der Waals surface area contributed by atoms with Crippen LogP contribution >= 0.6 is 11.3 Å². The quantitative estimate of drug-likeness (QED) is 0.894. The van der Waals surface area contributed by atoms with Crippen molar-refractivity contribution < 1.29 is 4.39 Å². The first-order chi connectivity index (χ1) is 9.82. The summed E-state index contributed by atoms with van der Waals surface area (Å²) >= 11 is 1.63. The highest BCUT2D eigenvalue weighted by atomic mass is 32.1. The van der Waals surface area contributed by atoms with Crippen molar-refractivity contribution in [3.05, 3.63) is 51.2 Å². The van der Waals surface area contributed by atoms with E-state index in [1.54, 1.807) is 24.3 Å². The number of rotatable bonds is 4. The minimum absolute atomic E-state index is 0.0318. The largest absolute Gasteiger partial charge is 0.305 e. The molecule has 1 N–H and O–H groups in total. The second-order valence-electron chi connectivity index (χ2n) is 6.32. The Morgan fingerprint density at radius 3 is 2.57 bits per heavy atom. The minimum Gasteiger partial charge on any atom is -0.305 e. The third-order valence-electron chi connectivity index (χ3n) is 3.47. The van der Waals surface area contributed by atoms with Crippen LogP contribution in [-0.2, 0) is 5.41 Å². The monoisotopic (exact) mass is 306 g/mol. The SMILES string of the molecule is CCNC(c1ccc(C)c(F)c1)c1nc(C(C)(C)C)cs1. The van der Waals surface area contributed by atoms with Gasteiger partial charge in [0.1, 0.15) is 10.8 Å². The summed E-state index contributed by atoms with van der Waals surface area (Å²) in [5, 5.41) is 6.50. The first-order valence-corrected chi connectivity index (χ1v) is 8.16. The van der Waals surface area contributed by atoms with E-state index in [9.17, 15) is 4.39 Å². The second kappa shape index (κ2) is 6.24. The number of nitrogens with one attached hydrogen (secondary N) is 1. The summed E-state index contributed by atoms with van der Waals surface area (Å²) < 4.78 is 13.8. The lowest BCUT2D eigenvalue weighted by atomic mass is 9.93. The third-order valence-corrected chi connectivity index (χ3v) is 4.38. The highest BCUT2D eigenvalue weighted by molar-refractivity contribution is 7.09. The molecule has 0 fully saturated rings. The number of hydrogen-bond acceptors (Lipinski definition) is 3.